The van der Waals surface area contributed by atoms with E-state index in [4.69, 9.17) is 0 Å². The van der Waals surface area contributed by atoms with Gasteiger partial charge in [0.2, 0.25) is 5.91 Å². The number of rotatable bonds is 5. The molecule has 0 unspecified atom stereocenters. The van der Waals surface area contributed by atoms with E-state index in [1.54, 1.807) is 35.4 Å². The van der Waals surface area contributed by atoms with Crippen molar-refractivity contribution >= 4 is 34.9 Å². The molecule has 3 aliphatic heterocycles. The normalized spacial score (nSPS) is 23.2. The Labute approximate surface area is 239 Å². The number of ketones is 2. The fourth-order valence-electron chi connectivity index (χ4n) is 6.90. The molecule has 3 heterocycles. The predicted molar refractivity (Wildman–Crippen MR) is 152 cm³/mol. The zero-order chi connectivity index (χ0) is 29.2. The maximum absolute atomic E-state index is 14.7. The number of non-ortho nitro benzene ring substituents is 1. The van der Waals surface area contributed by atoms with Crippen molar-refractivity contribution in [3.05, 3.63) is 147 Å². The van der Waals surface area contributed by atoms with Crippen molar-refractivity contribution in [1.82, 2.24) is 4.90 Å². The third-order valence-corrected chi connectivity index (χ3v) is 8.59. The molecule has 0 aliphatic carbocycles. The van der Waals surface area contributed by atoms with Crippen LogP contribution in [0.25, 0.3) is 6.08 Å². The Balaban J connectivity index is 1.53. The van der Waals surface area contributed by atoms with Gasteiger partial charge in [-0.15, -0.1) is 0 Å². The molecule has 1 amide bonds. The Morgan fingerprint density at radius 1 is 0.881 bits per heavy atom. The van der Waals surface area contributed by atoms with Gasteiger partial charge in [-0.3, -0.25) is 24.5 Å². The van der Waals surface area contributed by atoms with Crippen molar-refractivity contribution < 1.29 is 23.7 Å². The zero-order valence-electron chi connectivity index (χ0n) is 21.9. The summed E-state index contributed by atoms with van der Waals surface area (Å²) in [6.07, 6.45) is 3.57. The minimum Gasteiger partial charge on any atom is -0.358 e. The van der Waals surface area contributed by atoms with Gasteiger partial charge in [0.15, 0.2) is 11.6 Å². The predicted octanol–water partition coefficient (Wildman–Crippen LogP) is 5.72. The molecular weight excluding hydrogens is 537 g/mol. The molecule has 7 rings (SSSR count). The lowest BCUT2D eigenvalue weighted by Gasteiger charge is -2.38. The molecule has 8 nitrogen and oxygen atoms in total. The molecule has 1 saturated heterocycles. The average Bonchev–Trinajstić information content (AvgIpc) is 3.49. The summed E-state index contributed by atoms with van der Waals surface area (Å²) in [6, 6.07) is 23.0. The highest BCUT2D eigenvalue weighted by Crippen LogP contribution is 2.62. The highest BCUT2D eigenvalue weighted by atomic mass is 19.1. The molecule has 4 atom stereocenters. The number of nitrogens with one attached hydrogen (secondary N) is 1. The SMILES string of the molecule is O=C(c1ccc(F)cc1)[C@@H]1[C@H](C(=O)c2cccc([N+](=O)[O-])c2)[C@]2(C(=O)Nc3ccccc32)[C@@H]2c3ccccc3C=CN12. The van der Waals surface area contributed by atoms with Crippen molar-refractivity contribution in [3.8, 4) is 0 Å². The first-order chi connectivity index (χ1) is 20.3. The number of nitro benzene ring substituents is 1. The molecule has 1 fully saturated rings. The van der Waals surface area contributed by atoms with Crippen LogP contribution in [0.1, 0.15) is 43.4 Å². The van der Waals surface area contributed by atoms with Crippen molar-refractivity contribution in [3.63, 3.8) is 0 Å². The number of hydrogen-bond acceptors (Lipinski definition) is 6. The first-order valence-electron chi connectivity index (χ1n) is 13.4. The number of benzene rings is 4. The minimum absolute atomic E-state index is 0.0137. The van der Waals surface area contributed by atoms with Crippen LogP contribution in [0.2, 0.25) is 0 Å². The third kappa shape index (κ3) is 3.49. The fraction of sp³-hybridized carbons (Fsp3) is 0.121. The lowest BCUT2D eigenvalue weighted by Crippen LogP contribution is -2.49. The Kier molecular flexibility index (Phi) is 5.65. The van der Waals surface area contributed by atoms with Crippen LogP contribution in [0.3, 0.4) is 0 Å². The zero-order valence-corrected chi connectivity index (χ0v) is 21.9. The van der Waals surface area contributed by atoms with Crippen LogP contribution in [0.5, 0.6) is 0 Å². The number of halogens is 1. The topological polar surface area (TPSA) is 110 Å². The van der Waals surface area contributed by atoms with Gasteiger partial charge in [-0.2, -0.15) is 0 Å². The molecule has 0 saturated carbocycles. The van der Waals surface area contributed by atoms with Gasteiger partial charge in [0.05, 0.1) is 16.9 Å². The van der Waals surface area contributed by atoms with Crippen LogP contribution >= 0.6 is 0 Å². The summed E-state index contributed by atoms with van der Waals surface area (Å²) in [6.45, 7) is 0. The molecule has 206 valence electrons. The average molecular weight is 560 g/mol. The van der Waals surface area contributed by atoms with E-state index in [2.05, 4.69) is 5.32 Å². The molecule has 4 aromatic carbocycles. The van der Waals surface area contributed by atoms with Crippen molar-refractivity contribution in [2.24, 2.45) is 5.92 Å². The number of amides is 1. The molecule has 0 radical (unpaired) electrons. The molecule has 4 aromatic rings. The number of anilines is 1. The van der Waals surface area contributed by atoms with E-state index in [0.29, 0.717) is 11.3 Å². The number of fused-ring (bicyclic) bond motifs is 6. The monoisotopic (exact) mass is 559 g/mol. The summed E-state index contributed by atoms with van der Waals surface area (Å²) >= 11 is 0. The Morgan fingerprint density at radius 2 is 1.62 bits per heavy atom. The maximum atomic E-state index is 14.7. The van der Waals surface area contributed by atoms with Crippen LogP contribution in [-0.4, -0.2) is 33.3 Å². The molecule has 9 heteroatoms. The lowest BCUT2D eigenvalue weighted by atomic mass is 9.62. The second kappa shape index (κ2) is 9.31. The van der Waals surface area contributed by atoms with Crippen molar-refractivity contribution in [1.29, 1.82) is 0 Å². The molecule has 0 aromatic heterocycles. The third-order valence-electron chi connectivity index (χ3n) is 8.59. The van der Waals surface area contributed by atoms with E-state index in [1.807, 2.05) is 30.3 Å². The number of para-hydroxylation sites is 1. The van der Waals surface area contributed by atoms with Gasteiger partial charge >= 0.3 is 0 Å². The second-order valence-electron chi connectivity index (χ2n) is 10.6. The summed E-state index contributed by atoms with van der Waals surface area (Å²) in [7, 11) is 0. The van der Waals surface area contributed by atoms with E-state index in [0.717, 1.165) is 11.1 Å². The summed E-state index contributed by atoms with van der Waals surface area (Å²) < 4.78 is 13.9. The number of nitrogens with zero attached hydrogens (tertiary/aromatic N) is 2. The van der Waals surface area contributed by atoms with Crippen LogP contribution in [0, 0.1) is 21.8 Å². The first kappa shape index (κ1) is 25.5. The van der Waals surface area contributed by atoms with E-state index in [1.165, 1.54) is 48.5 Å². The van der Waals surface area contributed by atoms with E-state index in [-0.39, 0.29) is 16.8 Å². The van der Waals surface area contributed by atoms with Crippen LogP contribution in [-0.2, 0) is 10.2 Å². The number of hydrogen-bond donors (Lipinski definition) is 1. The second-order valence-corrected chi connectivity index (χ2v) is 10.6. The standard InChI is InChI=1S/C33H22FN3O5/c34-22-14-12-20(13-15-22)30(39)28-27(29(38)21-7-5-8-23(18-21)37(41)42)33(25-10-3-4-11-26(25)35-32(33)40)31-24-9-2-1-6-19(24)16-17-36(28)31/h1-18,27-28,31H,(H,35,40)/t27-,28+,31+,33+/m1/s1. The van der Waals surface area contributed by atoms with Crippen molar-refractivity contribution in [2.75, 3.05) is 5.32 Å². The highest BCUT2D eigenvalue weighted by Gasteiger charge is 2.70. The van der Waals surface area contributed by atoms with E-state index >= 15 is 0 Å². The summed E-state index contributed by atoms with van der Waals surface area (Å²) in [5, 5.41) is 14.6. The van der Waals surface area contributed by atoms with Gasteiger partial charge in [-0.25, -0.2) is 4.39 Å². The first-order valence-corrected chi connectivity index (χ1v) is 13.4. The van der Waals surface area contributed by atoms with Gasteiger partial charge < -0.3 is 10.2 Å². The molecule has 1 spiro atoms. The number of carbonyl (C=O) groups is 3. The molecule has 0 bridgehead atoms. The maximum Gasteiger partial charge on any atom is 0.270 e. The summed E-state index contributed by atoms with van der Waals surface area (Å²) in [4.78, 5) is 56.3. The van der Waals surface area contributed by atoms with Crippen molar-refractivity contribution in [2.45, 2.75) is 17.5 Å². The Hall–Kier alpha value is -5.44. The Bertz CT molecular complexity index is 1850. The lowest BCUT2D eigenvalue weighted by molar-refractivity contribution is -0.384. The molecule has 42 heavy (non-hydrogen) atoms. The largest absolute Gasteiger partial charge is 0.358 e. The summed E-state index contributed by atoms with van der Waals surface area (Å²) in [5.41, 5.74) is 1.03. The quantitative estimate of drug-likeness (QED) is 0.190. The van der Waals surface area contributed by atoms with Gasteiger partial charge in [0.1, 0.15) is 17.3 Å². The van der Waals surface area contributed by atoms with Gasteiger partial charge in [0, 0.05) is 35.1 Å². The van der Waals surface area contributed by atoms with Crippen LogP contribution in [0.15, 0.2) is 103 Å². The minimum atomic E-state index is -1.57. The number of Topliss-reactive ketones (excluding diaryl/α,β-unsaturated/α-hetero) is 2. The molecule has 3 aliphatic rings. The van der Waals surface area contributed by atoms with Gasteiger partial charge in [0.25, 0.3) is 5.69 Å². The molecular formula is C33H22FN3O5. The van der Waals surface area contributed by atoms with E-state index < -0.39 is 51.6 Å². The fourth-order valence-corrected chi connectivity index (χ4v) is 6.90. The highest BCUT2D eigenvalue weighted by molar-refractivity contribution is 6.16. The van der Waals surface area contributed by atoms with Crippen LogP contribution < -0.4 is 5.32 Å². The van der Waals surface area contributed by atoms with Gasteiger partial charge in [-0.05, 0) is 53.1 Å². The Morgan fingerprint density at radius 3 is 2.40 bits per heavy atom. The van der Waals surface area contributed by atoms with Gasteiger partial charge in [-0.1, -0.05) is 54.6 Å². The molecule has 1 N–H and O–H groups in total. The van der Waals surface area contributed by atoms with E-state index in [9.17, 15) is 28.9 Å². The van der Waals surface area contributed by atoms with Crippen LogP contribution in [0.4, 0.5) is 15.8 Å². The number of nitro groups is 1. The number of carbonyl (C=O) groups excluding carboxylic acids is 3. The summed E-state index contributed by atoms with van der Waals surface area (Å²) in [5.74, 6) is -3.30. The smallest absolute Gasteiger partial charge is 0.270 e.